The molecule has 0 atom stereocenters. The van der Waals surface area contributed by atoms with E-state index < -0.39 is 0 Å². The molecule has 0 saturated carbocycles. The first-order valence-electron chi connectivity index (χ1n) is 9.04. The molecule has 0 bridgehead atoms. The number of rotatable bonds is 5. The van der Waals surface area contributed by atoms with Crippen molar-refractivity contribution in [2.24, 2.45) is 0 Å². The highest BCUT2D eigenvalue weighted by molar-refractivity contribution is 6.02. The monoisotopic (exact) mass is 352 g/mol. The van der Waals surface area contributed by atoms with Crippen LogP contribution in [0.15, 0.2) is 97.3 Å². The number of anilines is 1. The van der Waals surface area contributed by atoms with E-state index >= 15 is 0 Å². The van der Waals surface area contributed by atoms with E-state index in [1.807, 2.05) is 66.9 Å². The van der Waals surface area contributed by atoms with E-state index in [0.717, 1.165) is 27.6 Å². The fraction of sp³-hybridized carbons (Fsp3) is 0.0833. The van der Waals surface area contributed by atoms with Crippen LogP contribution in [0.3, 0.4) is 0 Å². The van der Waals surface area contributed by atoms with Gasteiger partial charge in [0.2, 0.25) is 5.91 Å². The van der Waals surface area contributed by atoms with Crippen molar-refractivity contribution in [1.82, 2.24) is 4.98 Å². The van der Waals surface area contributed by atoms with Crippen LogP contribution >= 0.6 is 0 Å². The maximum atomic E-state index is 12.9. The Bertz CT molecular complexity index is 1000. The molecule has 0 aliphatic carbocycles. The van der Waals surface area contributed by atoms with Gasteiger partial charge in [-0.15, -0.1) is 0 Å². The van der Waals surface area contributed by atoms with E-state index in [-0.39, 0.29) is 11.8 Å². The molecular formula is C24H20N2O. The fourth-order valence-corrected chi connectivity index (χ4v) is 3.42. The van der Waals surface area contributed by atoms with E-state index in [2.05, 4.69) is 34.6 Å². The molecule has 27 heavy (non-hydrogen) atoms. The molecule has 1 heterocycles. The smallest absolute Gasteiger partial charge is 0.225 e. The number of fused-ring (bicyclic) bond motifs is 1. The zero-order valence-corrected chi connectivity index (χ0v) is 14.9. The molecule has 3 nitrogen and oxygen atoms in total. The van der Waals surface area contributed by atoms with Crippen LogP contribution < -0.4 is 5.32 Å². The molecule has 3 aromatic carbocycles. The first-order valence-corrected chi connectivity index (χ1v) is 9.04. The van der Waals surface area contributed by atoms with Crippen molar-refractivity contribution in [2.45, 2.75) is 12.3 Å². The Morgan fingerprint density at radius 3 is 2.15 bits per heavy atom. The Kier molecular flexibility index (Phi) is 4.93. The van der Waals surface area contributed by atoms with Crippen LogP contribution in [-0.4, -0.2) is 10.9 Å². The van der Waals surface area contributed by atoms with Crippen LogP contribution in [0.4, 0.5) is 5.69 Å². The Hall–Kier alpha value is -3.46. The number of amides is 1. The number of benzene rings is 3. The predicted octanol–water partition coefficient (Wildman–Crippen LogP) is 5.40. The largest absolute Gasteiger partial charge is 0.325 e. The van der Waals surface area contributed by atoms with Crippen LogP contribution in [0.25, 0.3) is 10.8 Å². The summed E-state index contributed by atoms with van der Waals surface area (Å²) < 4.78 is 0. The van der Waals surface area contributed by atoms with Crippen LogP contribution in [0.5, 0.6) is 0 Å². The van der Waals surface area contributed by atoms with Crippen LogP contribution in [0.1, 0.15) is 23.5 Å². The molecule has 0 aliphatic rings. The standard InChI is InChI=1S/C24H20N2O/c27-24(26-23-13-7-12-20-17-25-15-14-21(20)23)16-22(18-8-3-1-4-9-18)19-10-5-2-6-11-19/h1-15,17,22H,16H2,(H,26,27). The van der Waals surface area contributed by atoms with E-state index in [1.165, 1.54) is 0 Å². The normalized spacial score (nSPS) is 10.9. The molecule has 1 aromatic heterocycles. The lowest BCUT2D eigenvalue weighted by atomic mass is 9.88. The van der Waals surface area contributed by atoms with E-state index in [4.69, 9.17) is 0 Å². The Balaban J connectivity index is 1.60. The molecule has 0 spiro atoms. The third-order valence-corrected chi connectivity index (χ3v) is 4.75. The fourth-order valence-electron chi connectivity index (χ4n) is 3.42. The molecule has 0 aliphatic heterocycles. The number of carbonyl (C=O) groups excluding carboxylic acids is 1. The van der Waals surface area contributed by atoms with Crippen LogP contribution in [-0.2, 0) is 4.79 Å². The highest BCUT2D eigenvalue weighted by Crippen LogP contribution is 2.29. The van der Waals surface area contributed by atoms with Crippen molar-refractivity contribution < 1.29 is 4.79 Å². The highest BCUT2D eigenvalue weighted by atomic mass is 16.1. The second-order valence-corrected chi connectivity index (χ2v) is 6.53. The number of hydrogen-bond donors (Lipinski definition) is 1. The van der Waals surface area contributed by atoms with Crippen molar-refractivity contribution in [1.29, 1.82) is 0 Å². The zero-order chi connectivity index (χ0) is 18.5. The summed E-state index contributed by atoms with van der Waals surface area (Å²) >= 11 is 0. The van der Waals surface area contributed by atoms with Gasteiger partial charge in [-0.2, -0.15) is 0 Å². The van der Waals surface area contributed by atoms with E-state index in [1.54, 1.807) is 6.20 Å². The molecular weight excluding hydrogens is 332 g/mol. The van der Waals surface area contributed by atoms with E-state index in [0.29, 0.717) is 6.42 Å². The summed E-state index contributed by atoms with van der Waals surface area (Å²) in [7, 11) is 0. The molecule has 0 radical (unpaired) electrons. The number of hydrogen-bond acceptors (Lipinski definition) is 2. The molecule has 3 heteroatoms. The second-order valence-electron chi connectivity index (χ2n) is 6.53. The molecule has 4 rings (SSSR count). The third kappa shape index (κ3) is 3.87. The lowest BCUT2D eigenvalue weighted by Gasteiger charge is -2.18. The highest BCUT2D eigenvalue weighted by Gasteiger charge is 2.18. The summed E-state index contributed by atoms with van der Waals surface area (Å²) in [5.41, 5.74) is 3.10. The lowest BCUT2D eigenvalue weighted by molar-refractivity contribution is -0.116. The number of pyridine rings is 1. The van der Waals surface area contributed by atoms with Gasteiger partial charge in [0.1, 0.15) is 0 Å². The Morgan fingerprint density at radius 2 is 1.48 bits per heavy atom. The molecule has 1 N–H and O–H groups in total. The summed E-state index contributed by atoms with van der Waals surface area (Å²) in [6.07, 6.45) is 3.94. The third-order valence-electron chi connectivity index (χ3n) is 4.75. The van der Waals surface area contributed by atoms with Gasteiger partial charge in [-0.3, -0.25) is 9.78 Å². The first kappa shape index (κ1) is 17.0. The summed E-state index contributed by atoms with van der Waals surface area (Å²) in [5.74, 6) is 0.0149. The number of nitrogens with one attached hydrogen (secondary N) is 1. The number of aromatic nitrogens is 1. The summed E-state index contributed by atoms with van der Waals surface area (Å²) in [6.45, 7) is 0. The van der Waals surface area contributed by atoms with Crippen molar-refractivity contribution in [3.05, 3.63) is 108 Å². The van der Waals surface area contributed by atoms with Crippen molar-refractivity contribution in [3.8, 4) is 0 Å². The second kappa shape index (κ2) is 7.83. The van der Waals surface area contributed by atoms with Gasteiger partial charge in [0, 0.05) is 41.2 Å². The maximum Gasteiger partial charge on any atom is 0.225 e. The Labute approximate surface area is 158 Å². The van der Waals surface area contributed by atoms with Gasteiger partial charge in [0.05, 0.1) is 0 Å². The molecule has 4 aromatic rings. The molecule has 1 amide bonds. The number of carbonyl (C=O) groups is 1. The van der Waals surface area contributed by atoms with Gasteiger partial charge in [-0.05, 0) is 23.3 Å². The summed E-state index contributed by atoms with van der Waals surface area (Å²) in [5, 5.41) is 5.10. The van der Waals surface area contributed by atoms with Gasteiger partial charge in [-0.25, -0.2) is 0 Å². The minimum atomic E-state index is -0.00276. The Morgan fingerprint density at radius 1 is 0.815 bits per heavy atom. The summed E-state index contributed by atoms with van der Waals surface area (Å²) in [6, 6.07) is 28.2. The van der Waals surface area contributed by atoms with Crippen LogP contribution in [0, 0.1) is 0 Å². The van der Waals surface area contributed by atoms with Gasteiger partial charge in [0.25, 0.3) is 0 Å². The van der Waals surface area contributed by atoms with Gasteiger partial charge in [-0.1, -0.05) is 72.8 Å². The minimum absolute atomic E-state index is 0.00276. The van der Waals surface area contributed by atoms with Gasteiger partial charge in [0.15, 0.2) is 0 Å². The molecule has 132 valence electrons. The average Bonchev–Trinajstić information content (AvgIpc) is 2.73. The first-order chi connectivity index (χ1) is 13.3. The average molecular weight is 352 g/mol. The maximum absolute atomic E-state index is 12.9. The summed E-state index contributed by atoms with van der Waals surface area (Å²) in [4.78, 5) is 17.0. The van der Waals surface area contributed by atoms with Crippen molar-refractivity contribution in [3.63, 3.8) is 0 Å². The quantitative estimate of drug-likeness (QED) is 0.523. The molecule has 0 saturated heterocycles. The molecule has 0 fully saturated rings. The van der Waals surface area contributed by atoms with Gasteiger partial charge >= 0.3 is 0 Å². The molecule has 0 unspecified atom stereocenters. The predicted molar refractivity (Wildman–Crippen MR) is 110 cm³/mol. The number of nitrogens with zero attached hydrogens (tertiary/aromatic N) is 1. The zero-order valence-electron chi connectivity index (χ0n) is 14.9. The van der Waals surface area contributed by atoms with Crippen molar-refractivity contribution in [2.75, 3.05) is 5.32 Å². The minimum Gasteiger partial charge on any atom is -0.325 e. The van der Waals surface area contributed by atoms with E-state index in [9.17, 15) is 4.79 Å². The van der Waals surface area contributed by atoms with Gasteiger partial charge < -0.3 is 5.32 Å². The SMILES string of the molecule is O=C(CC(c1ccccc1)c1ccccc1)Nc1cccc2cnccc12. The topological polar surface area (TPSA) is 42.0 Å². The van der Waals surface area contributed by atoms with Crippen molar-refractivity contribution >= 4 is 22.4 Å². The lowest BCUT2D eigenvalue weighted by Crippen LogP contribution is -2.16. The van der Waals surface area contributed by atoms with Crippen LogP contribution in [0.2, 0.25) is 0 Å².